The van der Waals surface area contributed by atoms with Gasteiger partial charge in [0.25, 0.3) is 0 Å². The maximum absolute atomic E-state index is 11.9. The number of urea groups is 1. The van der Waals surface area contributed by atoms with Crippen LogP contribution < -0.4 is 10.6 Å². The van der Waals surface area contributed by atoms with Gasteiger partial charge in [0.15, 0.2) is 0 Å². The number of halogens is 1. The number of amides is 2. The molecule has 124 valence electrons. The molecule has 0 bridgehead atoms. The van der Waals surface area contributed by atoms with E-state index in [0.29, 0.717) is 10.7 Å². The zero-order chi connectivity index (χ0) is 17.1. The van der Waals surface area contributed by atoms with Crippen LogP contribution in [0.5, 0.6) is 0 Å². The van der Waals surface area contributed by atoms with E-state index in [4.69, 9.17) is 11.6 Å². The number of aliphatic hydroxyl groups excluding tert-OH is 1. The Morgan fingerprint density at radius 2 is 1.92 bits per heavy atom. The molecule has 0 radical (unpaired) electrons. The molecule has 0 aliphatic rings. The van der Waals surface area contributed by atoms with Gasteiger partial charge in [-0.25, -0.2) is 4.79 Å². The summed E-state index contributed by atoms with van der Waals surface area (Å²) >= 11 is 5.81. The summed E-state index contributed by atoms with van der Waals surface area (Å²) in [6.45, 7) is 0.118. The Morgan fingerprint density at radius 1 is 1.21 bits per heavy atom. The number of hydrogen-bond acceptors (Lipinski definition) is 2. The van der Waals surface area contributed by atoms with E-state index in [9.17, 15) is 9.90 Å². The van der Waals surface area contributed by atoms with Crippen molar-refractivity contribution in [1.29, 1.82) is 0 Å². The summed E-state index contributed by atoms with van der Waals surface area (Å²) in [4.78, 5) is 11.9. The number of hydrogen-bond donors (Lipinski definition) is 3. The molecule has 0 aliphatic carbocycles. The van der Waals surface area contributed by atoms with Gasteiger partial charge in [0, 0.05) is 47.0 Å². The molecule has 0 spiro atoms. The monoisotopic (exact) mass is 343 g/mol. The van der Waals surface area contributed by atoms with Gasteiger partial charge in [-0.2, -0.15) is 0 Å². The lowest BCUT2D eigenvalue weighted by molar-refractivity contribution is 0.176. The van der Waals surface area contributed by atoms with Gasteiger partial charge in [-0.1, -0.05) is 29.8 Å². The van der Waals surface area contributed by atoms with Crippen LogP contribution in [0.2, 0.25) is 5.02 Å². The minimum atomic E-state index is -0.785. The van der Waals surface area contributed by atoms with Crippen molar-refractivity contribution in [3.05, 3.63) is 65.3 Å². The van der Waals surface area contributed by atoms with Crippen LogP contribution in [0.25, 0.3) is 10.9 Å². The Kier molecular flexibility index (Phi) is 4.74. The van der Waals surface area contributed by atoms with Gasteiger partial charge in [0.1, 0.15) is 0 Å². The third-order valence-corrected chi connectivity index (χ3v) is 4.10. The predicted molar refractivity (Wildman–Crippen MR) is 96.4 cm³/mol. The Labute approximate surface area is 144 Å². The topological polar surface area (TPSA) is 66.3 Å². The number of anilines is 1. The fourth-order valence-electron chi connectivity index (χ4n) is 2.65. The lowest BCUT2D eigenvalue weighted by atomic mass is 10.1. The van der Waals surface area contributed by atoms with E-state index in [1.165, 1.54) is 0 Å². The van der Waals surface area contributed by atoms with E-state index in [0.717, 1.165) is 16.5 Å². The van der Waals surface area contributed by atoms with Crippen LogP contribution in [-0.4, -0.2) is 22.2 Å². The van der Waals surface area contributed by atoms with Crippen molar-refractivity contribution in [2.24, 2.45) is 7.05 Å². The molecule has 0 saturated heterocycles. The molecule has 3 rings (SSSR count). The molecule has 1 aromatic heterocycles. The average Bonchev–Trinajstić information content (AvgIpc) is 2.92. The van der Waals surface area contributed by atoms with Gasteiger partial charge in [0.2, 0.25) is 0 Å². The first kappa shape index (κ1) is 16.4. The summed E-state index contributed by atoms with van der Waals surface area (Å²) < 4.78 is 1.96. The maximum atomic E-state index is 11.9. The Morgan fingerprint density at radius 3 is 2.67 bits per heavy atom. The summed E-state index contributed by atoms with van der Waals surface area (Å²) in [7, 11) is 1.93. The highest BCUT2D eigenvalue weighted by Crippen LogP contribution is 2.25. The normalized spacial score (nSPS) is 12.1. The molecule has 0 saturated carbocycles. The van der Waals surface area contributed by atoms with Crippen molar-refractivity contribution < 1.29 is 9.90 Å². The van der Waals surface area contributed by atoms with Gasteiger partial charge < -0.3 is 20.3 Å². The molecule has 1 unspecified atom stereocenters. The fraction of sp³-hybridized carbons (Fsp3) is 0.167. The summed E-state index contributed by atoms with van der Waals surface area (Å²) in [6, 6.07) is 14.3. The number of carbonyl (C=O) groups excluding carboxylic acids is 1. The van der Waals surface area contributed by atoms with Crippen LogP contribution in [0.15, 0.2) is 54.7 Å². The summed E-state index contributed by atoms with van der Waals surface area (Å²) in [5.41, 5.74) is 2.47. The second kappa shape index (κ2) is 6.95. The number of aryl methyl sites for hydroxylation is 1. The van der Waals surface area contributed by atoms with Crippen LogP contribution in [0.3, 0.4) is 0 Å². The predicted octanol–water partition coefficient (Wildman–Crippen LogP) is 3.69. The van der Waals surface area contributed by atoms with Crippen LogP contribution in [-0.2, 0) is 7.05 Å². The van der Waals surface area contributed by atoms with Crippen molar-refractivity contribution in [1.82, 2.24) is 9.88 Å². The van der Waals surface area contributed by atoms with E-state index >= 15 is 0 Å². The Balaban J connectivity index is 1.63. The van der Waals surface area contributed by atoms with E-state index in [-0.39, 0.29) is 12.6 Å². The number of rotatable bonds is 4. The number of fused-ring (bicyclic) bond motifs is 1. The third-order valence-electron chi connectivity index (χ3n) is 3.84. The minimum absolute atomic E-state index is 0.118. The van der Waals surface area contributed by atoms with Gasteiger partial charge in [-0.3, -0.25) is 0 Å². The highest BCUT2D eigenvalue weighted by atomic mass is 35.5. The number of aromatic nitrogens is 1. The zero-order valence-electron chi connectivity index (χ0n) is 13.2. The highest BCUT2D eigenvalue weighted by molar-refractivity contribution is 6.30. The fourth-order valence-corrected chi connectivity index (χ4v) is 2.77. The first-order chi connectivity index (χ1) is 11.5. The number of para-hydroxylation sites is 1. The van der Waals surface area contributed by atoms with E-state index in [2.05, 4.69) is 10.6 Å². The van der Waals surface area contributed by atoms with E-state index < -0.39 is 6.10 Å². The Bertz CT molecular complexity index is 858. The van der Waals surface area contributed by atoms with Crippen LogP contribution in [0.4, 0.5) is 10.5 Å². The smallest absolute Gasteiger partial charge is 0.319 e. The highest BCUT2D eigenvalue weighted by Gasteiger charge is 2.15. The summed E-state index contributed by atoms with van der Waals surface area (Å²) in [6.07, 6.45) is 1.10. The van der Waals surface area contributed by atoms with E-state index in [1.54, 1.807) is 24.3 Å². The molecular formula is C18H18ClN3O2. The van der Waals surface area contributed by atoms with Crippen LogP contribution in [0, 0.1) is 0 Å². The summed E-state index contributed by atoms with van der Waals surface area (Å²) in [5.74, 6) is 0. The zero-order valence-corrected chi connectivity index (χ0v) is 13.9. The molecule has 1 atom stereocenters. The molecule has 3 aromatic rings. The molecule has 0 fully saturated rings. The molecule has 1 heterocycles. The van der Waals surface area contributed by atoms with Crippen molar-refractivity contribution in [3.8, 4) is 0 Å². The van der Waals surface area contributed by atoms with Gasteiger partial charge in [-0.15, -0.1) is 0 Å². The van der Waals surface area contributed by atoms with Gasteiger partial charge in [0.05, 0.1) is 6.10 Å². The average molecular weight is 344 g/mol. The SMILES string of the molecule is Cn1cc(C(O)CNC(=O)Nc2ccc(Cl)cc2)c2ccccc21. The number of nitrogens with one attached hydrogen (secondary N) is 2. The number of aliphatic hydroxyl groups is 1. The molecule has 2 aromatic carbocycles. The second-order valence-electron chi connectivity index (χ2n) is 5.57. The minimum Gasteiger partial charge on any atom is -0.386 e. The molecule has 3 N–H and O–H groups in total. The third kappa shape index (κ3) is 3.53. The molecular weight excluding hydrogens is 326 g/mol. The largest absolute Gasteiger partial charge is 0.386 e. The molecule has 5 nitrogen and oxygen atoms in total. The van der Waals surface area contributed by atoms with Crippen molar-refractivity contribution >= 4 is 34.2 Å². The van der Waals surface area contributed by atoms with Crippen molar-refractivity contribution in [2.45, 2.75) is 6.10 Å². The number of carbonyl (C=O) groups is 1. The standard InChI is InChI=1S/C18H18ClN3O2/c1-22-11-15(14-4-2-3-5-16(14)22)17(23)10-20-18(24)21-13-8-6-12(19)7-9-13/h2-9,11,17,23H,10H2,1H3,(H2,20,21,24). The molecule has 24 heavy (non-hydrogen) atoms. The second-order valence-corrected chi connectivity index (χ2v) is 6.01. The quantitative estimate of drug-likeness (QED) is 0.676. The molecule has 2 amide bonds. The van der Waals surface area contributed by atoms with Crippen LogP contribution in [0.1, 0.15) is 11.7 Å². The van der Waals surface area contributed by atoms with Gasteiger partial charge >= 0.3 is 6.03 Å². The Hall–Kier alpha value is -2.50. The van der Waals surface area contributed by atoms with E-state index in [1.807, 2.05) is 42.1 Å². The van der Waals surface area contributed by atoms with Crippen molar-refractivity contribution in [3.63, 3.8) is 0 Å². The lowest BCUT2D eigenvalue weighted by Crippen LogP contribution is -2.32. The van der Waals surface area contributed by atoms with Gasteiger partial charge in [-0.05, 0) is 30.3 Å². The van der Waals surface area contributed by atoms with Crippen LogP contribution >= 0.6 is 11.6 Å². The first-order valence-electron chi connectivity index (χ1n) is 7.57. The lowest BCUT2D eigenvalue weighted by Gasteiger charge is -2.12. The summed E-state index contributed by atoms with van der Waals surface area (Å²) in [5, 5.41) is 17.4. The first-order valence-corrected chi connectivity index (χ1v) is 7.95. The van der Waals surface area contributed by atoms with Crippen molar-refractivity contribution in [2.75, 3.05) is 11.9 Å². The maximum Gasteiger partial charge on any atom is 0.319 e. The number of nitrogens with zero attached hydrogens (tertiary/aromatic N) is 1. The number of benzene rings is 2. The molecule has 0 aliphatic heterocycles. The molecule has 6 heteroatoms.